The van der Waals surface area contributed by atoms with Gasteiger partial charge in [-0.05, 0) is 29.8 Å². The summed E-state index contributed by atoms with van der Waals surface area (Å²) in [5, 5.41) is 6.34. The quantitative estimate of drug-likeness (QED) is 0.373. The average Bonchev–Trinajstić information content (AvgIpc) is 2.78. The van der Waals surface area contributed by atoms with Gasteiger partial charge < -0.3 is 20.4 Å². The molecular weight excluding hydrogens is 452 g/mol. The molecule has 0 radical (unpaired) electrons. The maximum atomic E-state index is 13.0. The van der Waals surface area contributed by atoms with E-state index in [1.807, 2.05) is 12.1 Å². The Morgan fingerprint density at radius 1 is 1.22 bits per heavy atom. The van der Waals surface area contributed by atoms with E-state index in [2.05, 4.69) is 20.6 Å². The molecule has 3 N–H and O–H groups in total. The van der Waals surface area contributed by atoms with E-state index in [4.69, 9.17) is 16.3 Å². The van der Waals surface area contributed by atoms with Crippen molar-refractivity contribution in [3.05, 3.63) is 75.0 Å². The average molecular weight is 471 g/mol. The highest BCUT2D eigenvalue weighted by Gasteiger charge is 2.35. The van der Waals surface area contributed by atoms with Gasteiger partial charge in [-0.2, -0.15) is 0 Å². The molecule has 0 aliphatic carbocycles. The van der Waals surface area contributed by atoms with E-state index in [0.29, 0.717) is 27.4 Å². The van der Waals surface area contributed by atoms with Crippen molar-refractivity contribution in [1.29, 1.82) is 0 Å². The summed E-state index contributed by atoms with van der Waals surface area (Å²) in [7, 11) is 1.49. The number of hydrogen-bond donors (Lipinski definition) is 3. The number of nitrogens with zero attached hydrogens (tertiary/aromatic N) is 1. The molecule has 0 saturated heterocycles. The van der Waals surface area contributed by atoms with Crippen LogP contribution in [0.3, 0.4) is 0 Å². The standard InChI is InChI=1S/C22H19ClN4O4S/c1-31-16-5-3-2-4-15(16)24-20(29)14-10-17(28)25-19-18(14)21(30)27-22(26-19)32-11-12-6-8-13(23)9-7-12/h2-9,14H,10-11H2,1H3,(H,24,29)(H2,25,26,27,28,30). The molecule has 0 bridgehead atoms. The van der Waals surface area contributed by atoms with Crippen LogP contribution in [0.5, 0.6) is 5.75 Å². The molecule has 1 aliphatic rings. The van der Waals surface area contributed by atoms with Crippen LogP contribution in [-0.2, 0) is 15.3 Å². The molecule has 0 spiro atoms. The Kier molecular flexibility index (Phi) is 6.48. The van der Waals surface area contributed by atoms with E-state index in [-0.39, 0.29) is 23.7 Å². The molecule has 1 atom stereocenters. The van der Waals surface area contributed by atoms with Gasteiger partial charge in [0.2, 0.25) is 11.8 Å². The number of benzene rings is 2. The Bertz CT molecular complexity index is 1230. The fraction of sp³-hybridized carbons (Fsp3) is 0.182. The maximum Gasteiger partial charge on any atom is 0.257 e. The first-order valence-electron chi connectivity index (χ1n) is 9.70. The third-order valence-corrected chi connectivity index (χ3v) is 6.10. The highest BCUT2D eigenvalue weighted by molar-refractivity contribution is 7.98. The Balaban J connectivity index is 1.57. The van der Waals surface area contributed by atoms with Crippen LogP contribution in [-0.4, -0.2) is 28.9 Å². The van der Waals surface area contributed by atoms with Gasteiger partial charge in [0.05, 0.1) is 24.3 Å². The van der Waals surface area contributed by atoms with Gasteiger partial charge in [0.1, 0.15) is 11.6 Å². The zero-order chi connectivity index (χ0) is 22.7. The van der Waals surface area contributed by atoms with Crippen LogP contribution in [0.4, 0.5) is 11.5 Å². The Morgan fingerprint density at radius 2 is 1.97 bits per heavy atom. The van der Waals surface area contributed by atoms with Crippen LogP contribution in [0, 0.1) is 0 Å². The molecule has 4 rings (SSSR count). The van der Waals surface area contributed by atoms with Crippen LogP contribution in [0.1, 0.15) is 23.5 Å². The summed E-state index contributed by atoms with van der Waals surface area (Å²) in [4.78, 5) is 45.2. The molecule has 0 fully saturated rings. The predicted molar refractivity (Wildman–Crippen MR) is 123 cm³/mol. The molecular formula is C22H19ClN4O4S. The van der Waals surface area contributed by atoms with Crippen LogP contribution in [0.2, 0.25) is 5.02 Å². The molecule has 10 heteroatoms. The SMILES string of the molecule is COc1ccccc1NC(=O)C1CC(=O)Nc2nc(SCc3ccc(Cl)cc3)[nH]c(=O)c21. The minimum atomic E-state index is -0.977. The smallest absolute Gasteiger partial charge is 0.257 e. The van der Waals surface area contributed by atoms with Crippen molar-refractivity contribution in [2.45, 2.75) is 23.2 Å². The summed E-state index contributed by atoms with van der Waals surface area (Å²) < 4.78 is 5.25. The lowest BCUT2D eigenvalue weighted by Gasteiger charge is -2.23. The first-order valence-corrected chi connectivity index (χ1v) is 11.1. The predicted octanol–water partition coefficient (Wildman–Crippen LogP) is 3.79. The van der Waals surface area contributed by atoms with Gasteiger partial charge in [0.25, 0.3) is 5.56 Å². The minimum absolute atomic E-state index is 0.101. The Morgan fingerprint density at radius 3 is 2.72 bits per heavy atom. The Hall–Kier alpha value is -3.30. The van der Waals surface area contributed by atoms with Crippen molar-refractivity contribution in [3.63, 3.8) is 0 Å². The number of carbonyl (C=O) groups excluding carboxylic acids is 2. The largest absolute Gasteiger partial charge is 0.495 e. The second kappa shape index (κ2) is 9.46. The van der Waals surface area contributed by atoms with Crippen molar-refractivity contribution in [3.8, 4) is 5.75 Å². The number of H-pyrrole nitrogens is 1. The summed E-state index contributed by atoms with van der Waals surface area (Å²) in [6.45, 7) is 0. The topological polar surface area (TPSA) is 113 Å². The fourth-order valence-electron chi connectivity index (χ4n) is 3.34. The number of aromatic amines is 1. The number of halogens is 1. The number of amides is 2. The van der Waals surface area contributed by atoms with Gasteiger partial charge >= 0.3 is 0 Å². The molecule has 3 aromatic rings. The third kappa shape index (κ3) is 4.79. The maximum absolute atomic E-state index is 13.0. The summed E-state index contributed by atoms with van der Waals surface area (Å²) in [6, 6.07) is 14.2. The van der Waals surface area contributed by atoms with E-state index >= 15 is 0 Å². The van der Waals surface area contributed by atoms with Gasteiger partial charge in [-0.15, -0.1) is 0 Å². The minimum Gasteiger partial charge on any atom is -0.495 e. The monoisotopic (exact) mass is 470 g/mol. The van der Waals surface area contributed by atoms with Gasteiger partial charge in [-0.25, -0.2) is 4.98 Å². The molecule has 32 heavy (non-hydrogen) atoms. The van der Waals surface area contributed by atoms with Gasteiger partial charge in [-0.1, -0.05) is 47.6 Å². The zero-order valence-electron chi connectivity index (χ0n) is 17.0. The number of carbonyl (C=O) groups is 2. The first kappa shape index (κ1) is 21.9. The number of fused-ring (bicyclic) bond motifs is 1. The van der Waals surface area contributed by atoms with E-state index < -0.39 is 17.4 Å². The van der Waals surface area contributed by atoms with E-state index in [1.165, 1.54) is 18.9 Å². The summed E-state index contributed by atoms with van der Waals surface area (Å²) in [5.41, 5.74) is 1.12. The number of thioether (sulfide) groups is 1. The molecule has 1 unspecified atom stereocenters. The lowest BCUT2D eigenvalue weighted by atomic mass is 9.92. The first-order chi connectivity index (χ1) is 15.4. The van der Waals surface area contributed by atoms with Crippen LogP contribution >= 0.6 is 23.4 Å². The lowest BCUT2D eigenvalue weighted by molar-refractivity contribution is -0.123. The molecule has 0 saturated carbocycles. The van der Waals surface area contributed by atoms with Crippen molar-refractivity contribution in [1.82, 2.24) is 9.97 Å². The van der Waals surface area contributed by atoms with Gasteiger partial charge in [-0.3, -0.25) is 14.4 Å². The number of aromatic nitrogens is 2. The second-order valence-electron chi connectivity index (χ2n) is 7.04. The lowest BCUT2D eigenvalue weighted by Crippen LogP contribution is -2.36. The number of methoxy groups -OCH3 is 1. The van der Waals surface area contributed by atoms with Crippen molar-refractivity contribution >= 4 is 46.7 Å². The summed E-state index contributed by atoms with van der Waals surface area (Å²) in [6.07, 6.45) is -0.157. The number of rotatable bonds is 6. The second-order valence-corrected chi connectivity index (χ2v) is 8.44. The molecule has 2 amide bonds. The Labute approximate surface area is 192 Å². The normalized spacial score (nSPS) is 14.9. The number of ether oxygens (including phenoxy) is 1. The van der Waals surface area contributed by atoms with Crippen LogP contribution < -0.4 is 20.9 Å². The highest BCUT2D eigenvalue weighted by Crippen LogP contribution is 2.32. The summed E-state index contributed by atoms with van der Waals surface area (Å²) >= 11 is 7.21. The number of anilines is 2. The highest BCUT2D eigenvalue weighted by atomic mass is 35.5. The molecule has 8 nitrogen and oxygen atoms in total. The van der Waals surface area contributed by atoms with E-state index in [1.54, 1.807) is 36.4 Å². The van der Waals surface area contributed by atoms with Crippen LogP contribution in [0.25, 0.3) is 0 Å². The third-order valence-electron chi connectivity index (χ3n) is 4.90. The van der Waals surface area contributed by atoms with Crippen LogP contribution in [0.15, 0.2) is 58.5 Å². The van der Waals surface area contributed by atoms with Gasteiger partial charge in [0.15, 0.2) is 5.16 Å². The van der Waals surface area contributed by atoms with E-state index in [0.717, 1.165) is 5.56 Å². The van der Waals surface area contributed by atoms with Crippen molar-refractivity contribution in [2.24, 2.45) is 0 Å². The zero-order valence-corrected chi connectivity index (χ0v) is 18.5. The van der Waals surface area contributed by atoms with Gasteiger partial charge in [0, 0.05) is 17.2 Å². The molecule has 164 valence electrons. The molecule has 1 aliphatic heterocycles. The molecule has 2 heterocycles. The van der Waals surface area contributed by atoms with E-state index in [9.17, 15) is 14.4 Å². The van der Waals surface area contributed by atoms with Crippen molar-refractivity contribution < 1.29 is 14.3 Å². The molecule has 1 aromatic heterocycles. The number of nitrogens with one attached hydrogen (secondary N) is 3. The van der Waals surface area contributed by atoms with Crippen molar-refractivity contribution in [2.75, 3.05) is 17.7 Å². The fourth-order valence-corrected chi connectivity index (χ4v) is 4.29. The summed E-state index contributed by atoms with van der Waals surface area (Å²) in [5.74, 6) is -0.727. The number of hydrogen-bond acceptors (Lipinski definition) is 6. The number of para-hydroxylation sites is 2. The molecule has 2 aromatic carbocycles.